The van der Waals surface area contributed by atoms with Crippen LogP contribution in [0.4, 0.5) is 11.4 Å². The Morgan fingerprint density at radius 2 is 1.58 bits per heavy atom. The molecular weight excluding hydrogens is 438 g/mol. The molecule has 1 saturated carbocycles. The highest BCUT2D eigenvalue weighted by atomic mass is 32.2. The van der Waals surface area contributed by atoms with Crippen molar-refractivity contribution in [3.8, 4) is 11.4 Å². The molecule has 3 N–H and O–H groups in total. The zero-order valence-electron chi connectivity index (χ0n) is 17.5. The van der Waals surface area contributed by atoms with Gasteiger partial charge in [0.2, 0.25) is 0 Å². The van der Waals surface area contributed by atoms with Crippen molar-refractivity contribution in [2.45, 2.75) is 23.7 Å². The van der Waals surface area contributed by atoms with Crippen molar-refractivity contribution >= 4 is 27.3 Å². The van der Waals surface area contributed by atoms with Gasteiger partial charge in [0.25, 0.3) is 15.9 Å². The molecule has 9 heteroatoms. The van der Waals surface area contributed by atoms with Gasteiger partial charge in [0.15, 0.2) is 5.82 Å². The van der Waals surface area contributed by atoms with E-state index in [4.69, 9.17) is 0 Å². The molecule has 3 aromatic carbocycles. The summed E-state index contributed by atoms with van der Waals surface area (Å²) >= 11 is 0. The van der Waals surface area contributed by atoms with Crippen molar-refractivity contribution in [2.75, 3.05) is 10.0 Å². The first-order valence-electron chi connectivity index (χ1n) is 10.5. The molecule has 0 unspecified atom stereocenters. The monoisotopic (exact) mass is 459 g/mol. The third kappa shape index (κ3) is 4.78. The molecule has 1 heterocycles. The first-order valence-corrected chi connectivity index (χ1v) is 12.0. The van der Waals surface area contributed by atoms with Gasteiger partial charge >= 0.3 is 0 Å². The highest BCUT2D eigenvalue weighted by Crippen LogP contribution is 2.38. The van der Waals surface area contributed by atoms with E-state index in [-0.39, 0.29) is 10.8 Å². The summed E-state index contributed by atoms with van der Waals surface area (Å²) in [5, 5.41) is 10.1. The zero-order chi connectivity index (χ0) is 22.8. The number of sulfonamides is 1. The van der Waals surface area contributed by atoms with Crippen molar-refractivity contribution < 1.29 is 13.2 Å². The second-order valence-corrected chi connectivity index (χ2v) is 9.53. The van der Waals surface area contributed by atoms with Gasteiger partial charge in [-0.25, -0.2) is 13.4 Å². The number of hydrogen-bond acceptors (Lipinski definition) is 5. The summed E-state index contributed by atoms with van der Waals surface area (Å²) in [6.45, 7) is 0. The van der Waals surface area contributed by atoms with Crippen LogP contribution in [0.5, 0.6) is 0 Å². The number of aromatic amines is 1. The number of amides is 1. The molecule has 0 saturated heterocycles. The number of benzene rings is 3. The third-order valence-corrected chi connectivity index (χ3v) is 6.72. The van der Waals surface area contributed by atoms with E-state index in [1.165, 1.54) is 24.3 Å². The molecule has 33 heavy (non-hydrogen) atoms. The fourth-order valence-corrected chi connectivity index (χ4v) is 4.41. The molecule has 166 valence electrons. The molecule has 0 bridgehead atoms. The number of H-pyrrole nitrogens is 1. The summed E-state index contributed by atoms with van der Waals surface area (Å²) in [6.07, 6.45) is 2.30. The van der Waals surface area contributed by atoms with Crippen molar-refractivity contribution in [3.05, 3.63) is 90.3 Å². The highest BCUT2D eigenvalue weighted by Gasteiger charge is 2.27. The predicted octanol–water partition coefficient (Wildman–Crippen LogP) is 4.40. The van der Waals surface area contributed by atoms with Gasteiger partial charge in [-0.15, -0.1) is 0 Å². The Bertz CT molecular complexity index is 1380. The van der Waals surface area contributed by atoms with E-state index in [0.717, 1.165) is 24.2 Å². The van der Waals surface area contributed by atoms with Crippen LogP contribution < -0.4 is 10.0 Å². The summed E-state index contributed by atoms with van der Waals surface area (Å²) in [7, 11) is -3.74. The number of rotatable bonds is 7. The molecule has 1 amide bonds. The molecule has 5 rings (SSSR count). The number of carbonyl (C=O) groups is 1. The Kier molecular flexibility index (Phi) is 5.39. The van der Waals surface area contributed by atoms with Crippen LogP contribution in [0.25, 0.3) is 11.4 Å². The topological polar surface area (TPSA) is 117 Å². The molecule has 4 aromatic rings. The maximum Gasteiger partial charge on any atom is 0.261 e. The smallest absolute Gasteiger partial charge is 0.261 e. The average Bonchev–Trinajstić information content (AvgIpc) is 3.56. The lowest BCUT2D eigenvalue weighted by Gasteiger charge is -2.09. The first kappa shape index (κ1) is 20.9. The summed E-state index contributed by atoms with van der Waals surface area (Å²) in [4.78, 5) is 17.2. The minimum atomic E-state index is -3.74. The Hall–Kier alpha value is -3.98. The highest BCUT2D eigenvalue weighted by molar-refractivity contribution is 7.92. The van der Waals surface area contributed by atoms with Crippen molar-refractivity contribution in [1.82, 2.24) is 15.2 Å². The van der Waals surface area contributed by atoms with Crippen LogP contribution in [0.3, 0.4) is 0 Å². The van der Waals surface area contributed by atoms with Crippen LogP contribution in [0, 0.1) is 0 Å². The van der Waals surface area contributed by atoms with Gasteiger partial charge in [-0.05, 0) is 73.5 Å². The van der Waals surface area contributed by atoms with E-state index in [9.17, 15) is 13.2 Å². The van der Waals surface area contributed by atoms with Gasteiger partial charge in [-0.2, -0.15) is 5.10 Å². The van der Waals surface area contributed by atoms with E-state index in [1.807, 2.05) is 12.1 Å². The fourth-order valence-electron chi connectivity index (χ4n) is 3.35. The molecule has 0 radical (unpaired) electrons. The minimum absolute atomic E-state index is 0.0734. The summed E-state index contributed by atoms with van der Waals surface area (Å²) in [6, 6.07) is 21.7. The molecule has 0 spiro atoms. The van der Waals surface area contributed by atoms with Gasteiger partial charge in [-0.1, -0.05) is 18.2 Å². The SMILES string of the molecule is O=C(Nc1ccc(-c2n[nH]c(C3CC3)n2)cc1)c1ccc(S(=O)(=O)Nc2ccccc2)cc1. The normalized spacial score (nSPS) is 13.5. The lowest BCUT2D eigenvalue weighted by atomic mass is 10.1. The average molecular weight is 460 g/mol. The fraction of sp³-hybridized carbons (Fsp3) is 0.125. The van der Waals surface area contributed by atoms with E-state index in [1.54, 1.807) is 42.5 Å². The van der Waals surface area contributed by atoms with Crippen LogP contribution in [0.1, 0.15) is 34.9 Å². The molecule has 8 nitrogen and oxygen atoms in total. The molecule has 1 aromatic heterocycles. The van der Waals surface area contributed by atoms with Crippen molar-refractivity contribution in [2.24, 2.45) is 0 Å². The van der Waals surface area contributed by atoms with Gasteiger partial charge in [-0.3, -0.25) is 14.6 Å². The van der Waals surface area contributed by atoms with Gasteiger partial charge < -0.3 is 5.32 Å². The maximum absolute atomic E-state index is 12.6. The molecule has 0 atom stereocenters. The van der Waals surface area contributed by atoms with Gasteiger partial charge in [0, 0.05) is 28.4 Å². The number of aromatic nitrogens is 3. The second kappa shape index (κ2) is 8.51. The lowest BCUT2D eigenvalue weighted by Crippen LogP contribution is -2.14. The summed E-state index contributed by atoms with van der Waals surface area (Å²) < 4.78 is 27.6. The van der Waals surface area contributed by atoms with E-state index in [0.29, 0.717) is 28.7 Å². The molecular formula is C24H21N5O3S. The largest absolute Gasteiger partial charge is 0.322 e. The number of nitrogens with one attached hydrogen (secondary N) is 3. The predicted molar refractivity (Wildman–Crippen MR) is 125 cm³/mol. The second-order valence-electron chi connectivity index (χ2n) is 7.85. The quantitative estimate of drug-likeness (QED) is 0.379. The minimum Gasteiger partial charge on any atom is -0.322 e. The first-order chi connectivity index (χ1) is 16.0. The van der Waals surface area contributed by atoms with Crippen LogP contribution in [-0.2, 0) is 10.0 Å². The van der Waals surface area contributed by atoms with Crippen LogP contribution in [0.15, 0.2) is 83.8 Å². The zero-order valence-corrected chi connectivity index (χ0v) is 18.3. The van der Waals surface area contributed by atoms with Crippen molar-refractivity contribution in [3.63, 3.8) is 0 Å². The lowest BCUT2D eigenvalue weighted by molar-refractivity contribution is 0.102. The molecule has 1 fully saturated rings. The molecule has 1 aliphatic carbocycles. The van der Waals surface area contributed by atoms with Crippen LogP contribution >= 0.6 is 0 Å². The standard InChI is InChI=1S/C24H21N5O3S/c30-24(18-10-14-21(15-11-18)33(31,32)29-20-4-2-1-3-5-20)25-19-12-8-17(9-13-19)23-26-22(27-28-23)16-6-7-16/h1-5,8-16,29H,6-7H2,(H,25,30)(H,26,27,28). The van der Waals surface area contributed by atoms with Crippen molar-refractivity contribution in [1.29, 1.82) is 0 Å². The summed E-state index contributed by atoms with van der Waals surface area (Å²) in [5.74, 6) is 1.72. The van der Waals surface area contributed by atoms with E-state index >= 15 is 0 Å². The Morgan fingerprint density at radius 3 is 2.24 bits per heavy atom. The number of para-hydroxylation sites is 1. The van der Waals surface area contributed by atoms with E-state index in [2.05, 4.69) is 25.2 Å². The Balaban J connectivity index is 1.24. The Labute approximate surface area is 191 Å². The van der Waals surface area contributed by atoms with E-state index < -0.39 is 10.0 Å². The number of carbonyl (C=O) groups excluding carboxylic acids is 1. The molecule has 0 aliphatic heterocycles. The maximum atomic E-state index is 12.6. The summed E-state index contributed by atoms with van der Waals surface area (Å²) in [5.41, 5.74) is 2.29. The third-order valence-electron chi connectivity index (χ3n) is 5.32. The number of anilines is 2. The number of hydrogen-bond donors (Lipinski definition) is 3. The van der Waals surface area contributed by atoms with Crippen LogP contribution in [-0.4, -0.2) is 29.5 Å². The van der Waals surface area contributed by atoms with Gasteiger partial charge in [0.1, 0.15) is 5.82 Å². The molecule has 1 aliphatic rings. The Morgan fingerprint density at radius 1 is 0.879 bits per heavy atom. The van der Waals surface area contributed by atoms with Gasteiger partial charge in [0.05, 0.1) is 4.90 Å². The number of nitrogens with zero attached hydrogens (tertiary/aromatic N) is 2. The van der Waals surface area contributed by atoms with Crippen LogP contribution in [0.2, 0.25) is 0 Å².